The molecule has 1 aromatic rings. The topological polar surface area (TPSA) is 86.8 Å². The van der Waals surface area contributed by atoms with Crippen LogP contribution in [0.3, 0.4) is 0 Å². The number of hydrogen-bond acceptors (Lipinski definition) is 4. The van der Waals surface area contributed by atoms with E-state index in [0.29, 0.717) is 37.1 Å². The van der Waals surface area contributed by atoms with Gasteiger partial charge in [-0.15, -0.1) is 11.6 Å². The molecule has 0 aromatic heterocycles. The smallest absolute Gasteiger partial charge is 0.261 e. The summed E-state index contributed by atoms with van der Waals surface area (Å²) in [6.07, 6.45) is 1.44. The molecule has 2 heterocycles. The Bertz CT molecular complexity index is 709. The first-order valence-corrected chi connectivity index (χ1v) is 9.13. The fourth-order valence-corrected chi connectivity index (χ4v) is 3.42. The maximum absolute atomic E-state index is 12.4. The molecule has 2 aliphatic rings. The number of likely N-dealkylation sites (tertiary alicyclic amines) is 1. The number of benzene rings is 1. The van der Waals surface area contributed by atoms with Crippen molar-refractivity contribution in [1.82, 2.24) is 15.1 Å². The van der Waals surface area contributed by atoms with Gasteiger partial charge in [-0.3, -0.25) is 24.1 Å². The van der Waals surface area contributed by atoms with Crippen molar-refractivity contribution in [3.05, 3.63) is 35.4 Å². The molecule has 26 heavy (non-hydrogen) atoms. The monoisotopic (exact) mass is 377 g/mol. The van der Waals surface area contributed by atoms with Crippen molar-refractivity contribution in [2.45, 2.75) is 25.3 Å². The number of nitrogens with one attached hydrogen (secondary N) is 1. The molecule has 3 rings (SSSR count). The second-order valence-corrected chi connectivity index (χ2v) is 6.68. The van der Waals surface area contributed by atoms with Crippen molar-refractivity contribution >= 4 is 35.2 Å². The summed E-state index contributed by atoms with van der Waals surface area (Å²) in [5.74, 6) is -1.06. The Hall–Kier alpha value is -2.41. The Morgan fingerprint density at radius 1 is 1.08 bits per heavy atom. The summed E-state index contributed by atoms with van der Waals surface area (Å²) in [4.78, 5) is 51.1. The normalized spacial score (nSPS) is 17.4. The first-order chi connectivity index (χ1) is 12.5. The van der Waals surface area contributed by atoms with E-state index in [-0.39, 0.29) is 48.5 Å². The quantitative estimate of drug-likeness (QED) is 0.613. The number of carbonyl (C=O) groups is 4. The molecule has 7 nitrogen and oxygen atoms in total. The van der Waals surface area contributed by atoms with Crippen LogP contribution >= 0.6 is 11.6 Å². The molecule has 0 aliphatic carbocycles. The number of fused-ring (bicyclic) bond motifs is 1. The minimum absolute atomic E-state index is 0.0292. The molecule has 1 fully saturated rings. The van der Waals surface area contributed by atoms with Crippen molar-refractivity contribution in [3.63, 3.8) is 0 Å². The van der Waals surface area contributed by atoms with E-state index in [9.17, 15) is 19.2 Å². The highest BCUT2D eigenvalue weighted by atomic mass is 35.5. The van der Waals surface area contributed by atoms with E-state index in [4.69, 9.17) is 11.6 Å². The zero-order valence-electron chi connectivity index (χ0n) is 14.2. The van der Waals surface area contributed by atoms with Crippen LogP contribution < -0.4 is 5.32 Å². The lowest BCUT2D eigenvalue weighted by atomic mass is 10.0. The van der Waals surface area contributed by atoms with Gasteiger partial charge in [-0.05, 0) is 25.0 Å². The minimum atomic E-state index is -0.346. The van der Waals surface area contributed by atoms with Gasteiger partial charge >= 0.3 is 0 Å². The molecule has 2 aliphatic heterocycles. The summed E-state index contributed by atoms with van der Waals surface area (Å²) < 4.78 is 0. The lowest BCUT2D eigenvalue weighted by Crippen LogP contribution is -2.47. The van der Waals surface area contributed by atoms with Gasteiger partial charge in [0.05, 0.1) is 11.1 Å². The highest BCUT2D eigenvalue weighted by Gasteiger charge is 2.35. The summed E-state index contributed by atoms with van der Waals surface area (Å²) in [5, 5.41) is 2.82. The fraction of sp³-hybridized carbons (Fsp3) is 0.444. The van der Waals surface area contributed by atoms with E-state index in [1.54, 1.807) is 29.2 Å². The van der Waals surface area contributed by atoms with Crippen molar-refractivity contribution in [2.75, 3.05) is 25.5 Å². The van der Waals surface area contributed by atoms with Crippen LogP contribution in [0.1, 0.15) is 40.0 Å². The molecule has 1 N–H and O–H groups in total. The summed E-state index contributed by atoms with van der Waals surface area (Å²) in [6.45, 7) is 1.15. The van der Waals surface area contributed by atoms with Crippen LogP contribution in [0.5, 0.6) is 0 Å². The van der Waals surface area contributed by atoms with E-state index in [1.165, 1.54) is 0 Å². The van der Waals surface area contributed by atoms with Gasteiger partial charge in [0.25, 0.3) is 11.8 Å². The number of carbonyl (C=O) groups excluding carboxylic acids is 4. The summed E-state index contributed by atoms with van der Waals surface area (Å²) >= 11 is 5.47. The van der Waals surface area contributed by atoms with E-state index < -0.39 is 0 Å². The maximum atomic E-state index is 12.4. The molecule has 0 saturated carbocycles. The number of nitrogens with zero attached hydrogens (tertiary/aromatic N) is 2. The van der Waals surface area contributed by atoms with Gasteiger partial charge in [0.15, 0.2) is 0 Å². The lowest BCUT2D eigenvalue weighted by molar-refractivity contribution is -0.132. The molecular weight excluding hydrogens is 358 g/mol. The number of amides is 4. The average Bonchev–Trinajstić information content (AvgIpc) is 2.91. The minimum Gasteiger partial charge on any atom is -0.352 e. The third kappa shape index (κ3) is 3.72. The van der Waals surface area contributed by atoms with Crippen LogP contribution in [-0.4, -0.2) is 65.0 Å². The summed E-state index contributed by atoms with van der Waals surface area (Å²) in [6, 6.07) is 6.70. The standard InChI is InChI=1S/C18H20ClN3O4/c19-11-15(23)20-12-5-8-21(9-6-12)16(24)7-10-22-17(25)13-3-1-2-4-14(13)18(22)26/h1-4,12H,5-11H2,(H,20,23). The maximum Gasteiger partial charge on any atom is 0.261 e. The average molecular weight is 378 g/mol. The molecule has 8 heteroatoms. The Kier molecular flexibility index (Phi) is 5.56. The first kappa shape index (κ1) is 18.4. The zero-order valence-corrected chi connectivity index (χ0v) is 15.0. The Morgan fingerprint density at radius 3 is 2.19 bits per heavy atom. The third-order valence-electron chi connectivity index (χ3n) is 4.76. The third-order valence-corrected chi connectivity index (χ3v) is 5.00. The zero-order chi connectivity index (χ0) is 18.7. The van der Waals surface area contributed by atoms with Gasteiger partial charge in [0.2, 0.25) is 11.8 Å². The van der Waals surface area contributed by atoms with Crippen LogP contribution in [-0.2, 0) is 9.59 Å². The Balaban J connectivity index is 1.49. The molecule has 0 radical (unpaired) electrons. The van der Waals surface area contributed by atoms with E-state index >= 15 is 0 Å². The molecule has 138 valence electrons. The van der Waals surface area contributed by atoms with Gasteiger partial charge in [-0.25, -0.2) is 0 Å². The van der Waals surface area contributed by atoms with Crippen LogP contribution in [0.4, 0.5) is 0 Å². The van der Waals surface area contributed by atoms with Crippen molar-refractivity contribution < 1.29 is 19.2 Å². The van der Waals surface area contributed by atoms with E-state index in [0.717, 1.165) is 4.90 Å². The van der Waals surface area contributed by atoms with Gasteiger partial charge in [0, 0.05) is 32.1 Å². The molecule has 4 amide bonds. The predicted octanol–water partition coefficient (Wildman–Crippen LogP) is 1.02. The second-order valence-electron chi connectivity index (χ2n) is 6.41. The number of alkyl halides is 1. The highest BCUT2D eigenvalue weighted by Crippen LogP contribution is 2.22. The molecule has 0 atom stereocenters. The number of rotatable bonds is 5. The molecule has 0 unspecified atom stereocenters. The van der Waals surface area contributed by atoms with Gasteiger partial charge in [-0.1, -0.05) is 12.1 Å². The van der Waals surface area contributed by atoms with Crippen LogP contribution in [0.25, 0.3) is 0 Å². The molecule has 0 spiro atoms. The van der Waals surface area contributed by atoms with Crippen LogP contribution in [0.2, 0.25) is 0 Å². The Labute approximate surface area is 156 Å². The van der Waals surface area contributed by atoms with Gasteiger partial charge in [-0.2, -0.15) is 0 Å². The number of piperidine rings is 1. The molecule has 1 aromatic carbocycles. The second kappa shape index (κ2) is 7.86. The van der Waals surface area contributed by atoms with Crippen molar-refractivity contribution in [1.29, 1.82) is 0 Å². The predicted molar refractivity (Wildman–Crippen MR) is 94.9 cm³/mol. The van der Waals surface area contributed by atoms with E-state index in [2.05, 4.69) is 5.32 Å². The molecule has 0 bridgehead atoms. The first-order valence-electron chi connectivity index (χ1n) is 8.59. The van der Waals surface area contributed by atoms with Gasteiger partial charge < -0.3 is 10.2 Å². The van der Waals surface area contributed by atoms with E-state index in [1.807, 2.05) is 0 Å². The summed E-state index contributed by atoms with van der Waals surface area (Å²) in [7, 11) is 0. The number of hydrogen-bond donors (Lipinski definition) is 1. The SMILES string of the molecule is O=C(CCl)NC1CCN(C(=O)CCN2C(=O)c3ccccc3C2=O)CC1. The number of halogens is 1. The fourth-order valence-electron chi connectivity index (χ4n) is 3.35. The van der Waals surface area contributed by atoms with Crippen molar-refractivity contribution in [2.24, 2.45) is 0 Å². The van der Waals surface area contributed by atoms with Gasteiger partial charge in [0.1, 0.15) is 5.88 Å². The Morgan fingerprint density at radius 2 is 1.65 bits per heavy atom. The molecular formula is C18H20ClN3O4. The number of imide groups is 1. The summed E-state index contributed by atoms with van der Waals surface area (Å²) in [5.41, 5.74) is 0.779. The lowest BCUT2D eigenvalue weighted by Gasteiger charge is -2.32. The van der Waals surface area contributed by atoms with Crippen molar-refractivity contribution in [3.8, 4) is 0 Å². The van der Waals surface area contributed by atoms with Crippen LogP contribution in [0, 0.1) is 0 Å². The van der Waals surface area contributed by atoms with Crippen LogP contribution in [0.15, 0.2) is 24.3 Å². The molecule has 1 saturated heterocycles. The largest absolute Gasteiger partial charge is 0.352 e. The highest BCUT2D eigenvalue weighted by molar-refractivity contribution is 6.27.